The number of rotatable bonds is 8. The van der Waals surface area contributed by atoms with Crippen molar-refractivity contribution in [2.45, 2.75) is 45.9 Å². The van der Waals surface area contributed by atoms with Gasteiger partial charge in [0.2, 0.25) is 0 Å². The van der Waals surface area contributed by atoms with E-state index in [1.165, 1.54) is 0 Å². The molecule has 30 heavy (non-hydrogen) atoms. The van der Waals surface area contributed by atoms with Gasteiger partial charge in [0, 0.05) is 26.3 Å². The monoisotopic (exact) mass is 420 g/mol. The van der Waals surface area contributed by atoms with Crippen molar-refractivity contribution in [2.24, 2.45) is 0 Å². The molecule has 3 heterocycles. The lowest BCUT2D eigenvalue weighted by Crippen LogP contribution is -2.22. The smallest absolute Gasteiger partial charge is 0.145 e. The van der Waals surface area contributed by atoms with Crippen LogP contribution in [0.15, 0.2) is 48.9 Å². The molecular formula is C22H28N6OSi. The van der Waals surface area contributed by atoms with Gasteiger partial charge in [0.05, 0.1) is 12.2 Å². The lowest BCUT2D eigenvalue weighted by molar-refractivity contribution is 0.0899. The molecule has 0 fully saturated rings. The molecule has 0 aliphatic carbocycles. The van der Waals surface area contributed by atoms with Gasteiger partial charge in [-0.15, -0.1) is 0 Å². The number of aryl methyl sites for hydroxylation is 1. The van der Waals surface area contributed by atoms with Crippen molar-refractivity contribution in [1.29, 1.82) is 0 Å². The molecular weight excluding hydrogens is 392 g/mol. The largest absolute Gasteiger partial charge is 0.361 e. The zero-order valence-corrected chi connectivity index (χ0v) is 19.0. The minimum absolute atomic E-state index is 0.490. The summed E-state index contributed by atoms with van der Waals surface area (Å²) < 4.78 is 7.93. The molecule has 4 aromatic rings. The second-order valence-corrected chi connectivity index (χ2v) is 14.4. The van der Waals surface area contributed by atoms with E-state index in [1.54, 1.807) is 11.1 Å². The van der Waals surface area contributed by atoms with Crippen LogP contribution in [0.5, 0.6) is 0 Å². The van der Waals surface area contributed by atoms with Crippen LogP contribution in [0.2, 0.25) is 25.7 Å². The quantitative estimate of drug-likeness (QED) is 0.313. The molecule has 0 amide bonds. The van der Waals surface area contributed by atoms with E-state index in [-0.39, 0.29) is 0 Å². The van der Waals surface area contributed by atoms with Gasteiger partial charge in [0.1, 0.15) is 30.1 Å². The number of hydrogen-bond donors (Lipinski definition) is 0. The van der Waals surface area contributed by atoms with Gasteiger partial charge in [-0.05, 0) is 24.6 Å². The Labute approximate surface area is 177 Å². The van der Waals surface area contributed by atoms with Crippen molar-refractivity contribution in [3.63, 3.8) is 0 Å². The molecule has 8 heteroatoms. The first kappa shape index (κ1) is 20.4. The maximum absolute atomic E-state index is 5.91. The van der Waals surface area contributed by atoms with E-state index in [9.17, 15) is 0 Å². The average Bonchev–Trinajstić information content (AvgIpc) is 3.28. The fourth-order valence-electron chi connectivity index (χ4n) is 3.30. The van der Waals surface area contributed by atoms with Crippen LogP contribution in [0.3, 0.4) is 0 Å². The summed E-state index contributed by atoms with van der Waals surface area (Å²) in [7, 11) is -1.10. The van der Waals surface area contributed by atoms with Gasteiger partial charge in [0.15, 0.2) is 0 Å². The summed E-state index contributed by atoms with van der Waals surface area (Å²) in [5.41, 5.74) is 4.46. The molecule has 0 saturated heterocycles. The summed E-state index contributed by atoms with van der Waals surface area (Å²) in [6.45, 7) is 10.9. The highest BCUT2D eigenvalue weighted by Gasteiger charge is 2.17. The molecule has 156 valence electrons. The molecule has 0 saturated carbocycles. The van der Waals surface area contributed by atoms with E-state index in [0.717, 1.165) is 46.3 Å². The van der Waals surface area contributed by atoms with Gasteiger partial charge in [-0.1, -0.05) is 50.0 Å². The van der Waals surface area contributed by atoms with E-state index in [4.69, 9.17) is 9.84 Å². The van der Waals surface area contributed by atoms with Crippen molar-refractivity contribution < 1.29 is 4.74 Å². The summed E-state index contributed by atoms with van der Waals surface area (Å²) in [5.74, 6) is 0. The van der Waals surface area contributed by atoms with E-state index >= 15 is 0 Å². The lowest BCUT2D eigenvalue weighted by atomic mass is 10.2. The Balaban J connectivity index is 1.56. The molecule has 0 radical (unpaired) electrons. The highest BCUT2D eigenvalue weighted by molar-refractivity contribution is 6.76. The first-order chi connectivity index (χ1) is 14.4. The van der Waals surface area contributed by atoms with Crippen LogP contribution in [0.25, 0.3) is 22.4 Å². The standard InChI is InChI=1S/C22H28N6OSi/c1-17-20(26-28(25-17)14-18-8-6-5-7-9-18)21-19-10-11-27(22(19)24-15-23-21)16-29-12-13-30(2,3)4/h5-11,15H,12-14,16H2,1-4H3. The van der Waals surface area contributed by atoms with Crippen LogP contribution >= 0.6 is 0 Å². The Kier molecular flexibility index (Phi) is 5.78. The highest BCUT2D eigenvalue weighted by Crippen LogP contribution is 2.26. The predicted octanol–water partition coefficient (Wildman–Crippen LogP) is 4.36. The molecule has 0 bridgehead atoms. The fourth-order valence-corrected chi connectivity index (χ4v) is 4.06. The maximum Gasteiger partial charge on any atom is 0.145 e. The predicted molar refractivity (Wildman–Crippen MR) is 121 cm³/mol. The molecule has 0 spiro atoms. The third-order valence-corrected chi connectivity index (χ3v) is 6.70. The second kappa shape index (κ2) is 8.49. The average molecular weight is 421 g/mol. The van der Waals surface area contributed by atoms with Crippen LogP contribution in [-0.2, 0) is 18.0 Å². The van der Waals surface area contributed by atoms with E-state index in [1.807, 2.05) is 42.0 Å². The van der Waals surface area contributed by atoms with Crippen molar-refractivity contribution >= 4 is 19.1 Å². The Bertz CT molecular complexity index is 1130. The van der Waals surface area contributed by atoms with Gasteiger partial charge in [-0.2, -0.15) is 15.0 Å². The minimum Gasteiger partial charge on any atom is -0.361 e. The van der Waals surface area contributed by atoms with Gasteiger partial charge in [-0.3, -0.25) is 0 Å². The number of ether oxygens (including phenoxy) is 1. The van der Waals surface area contributed by atoms with Crippen LogP contribution in [0.1, 0.15) is 11.3 Å². The Morgan fingerprint density at radius 3 is 2.53 bits per heavy atom. The summed E-state index contributed by atoms with van der Waals surface area (Å²) >= 11 is 0. The lowest BCUT2D eigenvalue weighted by Gasteiger charge is -2.15. The molecule has 3 aromatic heterocycles. The number of nitrogens with zero attached hydrogens (tertiary/aromatic N) is 6. The van der Waals surface area contributed by atoms with Gasteiger partial charge >= 0.3 is 0 Å². The van der Waals surface area contributed by atoms with Crippen LogP contribution in [0.4, 0.5) is 0 Å². The van der Waals surface area contributed by atoms with Gasteiger partial charge in [-0.25, -0.2) is 9.97 Å². The zero-order chi connectivity index (χ0) is 21.1. The minimum atomic E-state index is -1.10. The first-order valence-corrected chi connectivity index (χ1v) is 13.9. The molecule has 1 aromatic carbocycles. The summed E-state index contributed by atoms with van der Waals surface area (Å²) in [5, 5.41) is 10.3. The van der Waals surface area contributed by atoms with Crippen molar-refractivity contribution in [1.82, 2.24) is 29.5 Å². The number of benzene rings is 1. The summed E-state index contributed by atoms with van der Waals surface area (Å²) in [6, 6.07) is 13.4. The molecule has 0 N–H and O–H groups in total. The van der Waals surface area contributed by atoms with Crippen LogP contribution in [0, 0.1) is 6.92 Å². The highest BCUT2D eigenvalue weighted by atomic mass is 28.3. The number of fused-ring (bicyclic) bond motifs is 1. The fraction of sp³-hybridized carbons (Fsp3) is 0.364. The first-order valence-electron chi connectivity index (χ1n) is 10.2. The van der Waals surface area contributed by atoms with E-state index < -0.39 is 8.07 Å². The van der Waals surface area contributed by atoms with Crippen LogP contribution < -0.4 is 0 Å². The third kappa shape index (κ3) is 4.66. The SMILES string of the molecule is Cc1nn(Cc2ccccc2)nc1-c1ncnc2c1ccn2COCC[Si](C)(C)C. The number of aromatic nitrogens is 6. The van der Waals surface area contributed by atoms with E-state index in [0.29, 0.717) is 13.3 Å². The normalized spacial score (nSPS) is 12.0. The maximum atomic E-state index is 5.91. The molecule has 0 aliphatic heterocycles. The Morgan fingerprint density at radius 2 is 1.77 bits per heavy atom. The Morgan fingerprint density at radius 1 is 0.967 bits per heavy atom. The molecule has 0 unspecified atom stereocenters. The Hall–Kier alpha value is -2.84. The van der Waals surface area contributed by atoms with Crippen molar-refractivity contribution in [3.8, 4) is 11.4 Å². The molecule has 4 rings (SSSR count). The summed E-state index contributed by atoms with van der Waals surface area (Å²) in [6.07, 6.45) is 3.59. The van der Waals surface area contributed by atoms with Crippen LogP contribution in [-0.4, -0.2) is 44.2 Å². The van der Waals surface area contributed by atoms with E-state index in [2.05, 4.69) is 46.8 Å². The topological polar surface area (TPSA) is 70.7 Å². The van der Waals surface area contributed by atoms with Gasteiger partial charge < -0.3 is 9.30 Å². The second-order valence-electron chi connectivity index (χ2n) is 8.74. The molecule has 7 nitrogen and oxygen atoms in total. The molecule has 0 aliphatic rings. The summed E-state index contributed by atoms with van der Waals surface area (Å²) in [4.78, 5) is 10.7. The van der Waals surface area contributed by atoms with Crippen molar-refractivity contribution in [2.75, 3.05) is 6.61 Å². The number of hydrogen-bond acceptors (Lipinski definition) is 5. The zero-order valence-electron chi connectivity index (χ0n) is 18.0. The van der Waals surface area contributed by atoms with Gasteiger partial charge in [0.25, 0.3) is 0 Å². The third-order valence-electron chi connectivity index (χ3n) is 5.00. The van der Waals surface area contributed by atoms with Crippen molar-refractivity contribution in [3.05, 3.63) is 60.2 Å². The molecule has 0 atom stereocenters.